The smallest absolute Gasteiger partial charge is 0.347 e. The van der Waals surface area contributed by atoms with Gasteiger partial charge in [0.2, 0.25) is 0 Å². The van der Waals surface area contributed by atoms with Gasteiger partial charge in [-0.2, -0.15) is 0 Å². The maximum absolute atomic E-state index is 4.85. The molecule has 0 saturated heterocycles. The maximum atomic E-state index is 4.85. The average Bonchev–Trinajstić information content (AvgIpc) is 1.72. The summed E-state index contributed by atoms with van der Waals surface area (Å²) in [7, 11) is 1.85. The van der Waals surface area contributed by atoms with E-state index in [9.17, 15) is 0 Å². The Kier molecular flexibility index (Phi) is 3.98. The second-order valence-electron chi connectivity index (χ2n) is 1.08. The van der Waals surface area contributed by atoms with Crippen LogP contribution in [0, 0.1) is 0 Å². The third-order valence-corrected chi connectivity index (χ3v) is 1.97. The molecule has 2 nitrogen and oxygen atoms in total. The summed E-state index contributed by atoms with van der Waals surface area (Å²) in [5.41, 5.74) is 1.72. The molecule has 0 amide bonds. The van der Waals surface area contributed by atoms with Gasteiger partial charge in [-0.1, -0.05) is 5.70 Å². The Bertz CT molecular complexity index is 51.7. The quantitative estimate of drug-likeness (QED) is 0.494. The normalized spacial score (nSPS) is 9.57. The van der Waals surface area contributed by atoms with Crippen molar-refractivity contribution in [1.82, 2.24) is 0 Å². The van der Waals surface area contributed by atoms with Crippen molar-refractivity contribution in [2.75, 3.05) is 14.2 Å². The molecule has 7 heavy (non-hydrogen) atoms. The Morgan fingerprint density at radius 1 is 1.43 bits per heavy atom. The van der Waals surface area contributed by atoms with Gasteiger partial charge >= 0.3 is 9.28 Å². The lowest BCUT2D eigenvalue weighted by atomic mass is 11.3. The first-order chi connectivity index (χ1) is 3.35. The van der Waals surface area contributed by atoms with Gasteiger partial charge in [-0.3, -0.25) is 0 Å². The Balaban J connectivity index is 3.16. The Hall–Kier alpha value is -0.123. The monoisotopic (exact) mass is 118 g/mol. The molecule has 3 heteroatoms. The first-order valence-corrected chi connectivity index (χ1v) is 3.64. The van der Waals surface area contributed by atoms with Gasteiger partial charge < -0.3 is 8.85 Å². The molecular weight excluding hydrogens is 108 g/mol. The minimum atomic E-state index is -1.41. The second kappa shape index (κ2) is 4.05. The van der Waals surface area contributed by atoms with Crippen LogP contribution in [0.15, 0.2) is 12.3 Å². The molecule has 0 aliphatic rings. The van der Waals surface area contributed by atoms with Crippen LogP contribution in [0.2, 0.25) is 0 Å². The van der Waals surface area contributed by atoms with Crippen molar-refractivity contribution in [2.24, 2.45) is 0 Å². The minimum Gasteiger partial charge on any atom is -0.397 e. The van der Waals surface area contributed by atoms with E-state index in [4.69, 9.17) is 8.85 Å². The van der Waals surface area contributed by atoms with Crippen LogP contribution in [0.25, 0.3) is 0 Å². The Morgan fingerprint density at radius 3 is 1.86 bits per heavy atom. The largest absolute Gasteiger partial charge is 0.397 e. The van der Waals surface area contributed by atoms with Gasteiger partial charge in [0.1, 0.15) is 0 Å². The van der Waals surface area contributed by atoms with Crippen LogP contribution in [0.1, 0.15) is 0 Å². The van der Waals surface area contributed by atoms with E-state index in [0.717, 1.165) is 0 Å². The molecule has 0 atom stereocenters. The van der Waals surface area contributed by atoms with Crippen LogP contribution in [0.5, 0.6) is 0 Å². The van der Waals surface area contributed by atoms with Crippen molar-refractivity contribution in [1.29, 1.82) is 0 Å². The summed E-state index contributed by atoms with van der Waals surface area (Å²) in [6, 6.07) is 0. The van der Waals surface area contributed by atoms with Crippen molar-refractivity contribution in [2.45, 2.75) is 0 Å². The van der Waals surface area contributed by atoms with Gasteiger partial charge in [0, 0.05) is 14.2 Å². The maximum Gasteiger partial charge on any atom is 0.347 e. The molecule has 0 aromatic carbocycles. The highest BCUT2D eigenvalue weighted by Crippen LogP contribution is 1.81. The van der Waals surface area contributed by atoms with Gasteiger partial charge in [0.05, 0.1) is 0 Å². The minimum absolute atomic E-state index is 1.41. The van der Waals surface area contributed by atoms with E-state index in [1.165, 1.54) is 0 Å². The second-order valence-corrected chi connectivity index (χ2v) is 3.23. The molecule has 0 aromatic heterocycles. The number of hydrogen-bond donors (Lipinski definition) is 0. The SMILES string of the molecule is C=C[SiH](OC)OC. The van der Waals surface area contributed by atoms with Crippen molar-refractivity contribution < 1.29 is 8.85 Å². The fourth-order valence-corrected chi connectivity index (χ4v) is 0.866. The van der Waals surface area contributed by atoms with E-state index in [0.29, 0.717) is 0 Å². The summed E-state index contributed by atoms with van der Waals surface area (Å²) in [5.74, 6) is 0. The molecule has 0 rings (SSSR count). The molecule has 42 valence electrons. The zero-order valence-electron chi connectivity index (χ0n) is 4.68. The lowest BCUT2D eigenvalue weighted by Gasteiger charge is -2.01. The van der Waals surface area contributed by atoms with Gasteiger partial charge in [-0.05, 0) is 0 Å². The summed E-state index contributed by atoms with van der Waals surface area (Å²) in [6.07, 6.45) is 0. The van der Waals surface area contributed by atoms with E-state index in [1.807, 2.05) is 0 Å². The Labute approximate surface area is 45.6 Å². The third kappa shape index (κ3) is 2.56. The van der Waals surface area contributed by atoms with Crippen molar-refractivity contribution >= 4 is 9.28 Å². The summed E-state index contributed by atoms with van der Waals surface area (Å²) in [6.45, 7) is 3.51. The van der Waals surface area contributed by atoms with Gasteiger partial charge in [0.15, 0.2) is 0 Å². The molecule has 0 unspecified atom stereocenters. The summed E-state index contributed by atoms with van der Waals surface area (Å²) < 4.78 is 9.69. The first kappa shape index (κ1) is 6.88. The molecule has 0 radical (unpaired) electrons. The molecular formula is C4H10O2Si. The van der Waals surface area contributed by atoms with Crippen LogP contribution in [-0.4, -0.2) is 23.5 Å². The van der Waals surface area contributed by atoms with Gasteiger partial charge in [-0.25, -0.2) is 0 Å². The highest BCUT2D eigenvalue weighted by molar-refractivity contribution is 6.50. The molecule has 0 heterocycles. The van der Waals surface area contributed by atoms with E-state index >= 15 is 0 Å². The molecule has 0 bridgehead atoms. The predicted octanol–water partition coefficient (Wildman–Crippen LogP) is 0.225. The van der Waals surface area contributed by atoms with Gasteiger partial charge in [0.25, 0.3) is 0 Å². The van der Waals surface area contributed by atoms with Crippen LogP contribution in [0.4, 0.5) is 0 Å². The third-order valence-electron chi connectivity index (χ3n) is 0.657. The molecule has 0 N–H and O–H groups in total. The summed E-state index contributed by atoms with van der Waals surface area (Å²) in [4.78, 5) is 0. The van der Waals surface area contributed by atoms with Crippen molar-refractivity contribution in [3.8, 4) is 0 Å². The first-order valence-electron chi connectivity index (χ1n) is 2.03. The lowest BCUT2D eigenvalue weighted by molar-refractivity contribution is 0.290. The fraction of sp³-hybridized carbons (Fsp3) is 0.500. The molecule has 0 aliphatic heterocycles. The topological polar surface area (TPSA) is 18.5 Å². The van der Waals surface area contributed by atoms with Crippen molar-refractivity contribution in [3.05, 3.63) is 12.3 Å². The van der Waals surface area contributed by atoms with Crippen LogP contribution < -0.4 is 0 Å². The molecule has 0 aliphatic carbocycles. The van der Waals surface area contributed by atoms with E-state index in [1.54, 1.807) is 19.9 Å². The molecule has 0 saturated carbocycles. The van der Waals surface area contributed by atoms with Crippen molar-refractivity contribution in [3.63, 3.8) is 0 Å². The molecule has 0 aromatic rings. The number of rotatable bonds is 3. The number of hydrogen-bond acceptors (Lipinski definition) is 2. The molecule has 0 fully saturated rings. The van der Waals surface area contributed by atoms with E-state index in [-0.39, 0.29) is 0 Å². The highest BCUT2D eigenvalue weighted by atomic mass is 28.3. The zero-order chi connectivity index (χ0) is 5.70. The highest BCUT2D eigenvalue weighted by Gasteiger charge is 1.98. The van der Waals surface area contributed by atoms with Crippen LogP contribution in [-0.2, 0) is 8.85 Å². The van der Waals surface area contributed by atoms with Crippen LogP contribution >= 0.6 is 0 Å². The molecule has 0 spiro atoms. The van der Waals surface area contributed by atoms with Crippen LogP contribution in [0.3, 0.4) is 0 Å². The standard InChI is InChI=1S/C4H10O2Si/c1-4-7(5-2)6-3/h4,7H,1H2,2-3H3. The Morgan fingerprint density at radius 2 is 1.86 bits per heavy atom. The fourth-order valence-electron chi connectivity index (χ4n) is 0.289. The van der Waals surface area contributed by atoms with E-state index in [2.05, 4.69) is 6.58 Å². The summed E-state index contributed by atoms with van der Waals surface area (Å²) in [5, 5.41) is 0. The predicted molar refractivity (Wildman–Crippen MR) is 31.4 cm³/mol. The average molecular weight is 118 g/mol. The summed E-state index contributed by atoms with van der Waals surface area (Å²) >= 11 is 0. The zero-order valence-corrected chi connectivity index (χ0v) is 5.83. The van der Waals surface area contributed by atoms with Gasteiger partial charge in [-0.15, -0.1) is 6.58 Å². The lowest BCUT2D eigenvalue weighted by Crippen LogP contribution is -2.14. The van der Waals surface area contributed by atoms with E-state index < -0.39 is 9.28 Å².